The number of nitrogens with one attached hydrogen (secondary N) is 1. The molecule has 3 aromatic rings. The lowest BCUT2D eigenvalue weighted by Crippen LogP contribution is -2.29. The molecule has 0 radical (unpaired) electrons. The summed E-state index contributed by atoms with van der Waals surface area (Å²) in [6, 6.07) is 10.8. The zero-order valence-electron chi connectivity index (χ0n) is 18.2. The van der Waals surface area contributed by atoms with E-state index in [9.17, 15) is 14.7 Å². The molecule has 166 valence electrons. The van der Waals surface area contributed by atoms with Gasteiger partial charge in [0.2, 0.25) is 0 Å². The second-order valence-electron chi connectivity index (χ2n) is 8.26. The van der Waals surface area contributed by atoms with E-state index in [-0.39, 0.29) is 23.4 Å². The summed E-state index contributed by atoms with van der Waals surface area (Å²) in [5.74, 6) is 0.643. The number of hydrogen-bond donors (Lipinski definition) is 2. The molecule has 0 saturated carbocycles. The van der Waals surface area contributed by atoms with Crippen LogP contribution in [0.4, 0.5) is 5.69 Å². The van der Waals surface area contributed by atoms with Crippen molar-refractivity contribution >= 4 is 17.5 Å². The van der Waals surface area contributed by atoms with Gasteiger partial charge >= 0.3 is 0 Å². The minimum absolute atomic E-state index is 0.169. The van der Waals surface area contributed by atoms with Gasteiger partial charge in [0.15, 0.2) is 0 Å². The summed E-state index contributed by atoms with van der Waals surface area (Å²) in [6.07, 6.45) is 6.04. The zero-order valence-corrected chi connectivity index (χ0v) is 18.2. The fraction of sp³-hybridized carbons (Fsp3) is 0.333. The quantitative estimate of drug-likeness (QED) is 0.622. The predicted molar refractivity (Wildman–Crippen MR) is 120 cm³/mol. The van der Waals surface area contributed by atoms with Gasteiger partial charge in [-0.25, -0.2) is 4.98 Å². The Labute approximate surface area is 186 Å². The SMILES string of the molecule is CC(Cc1nccn1C)c1cccc(NC(=O)c2cc(C(=O)N3CCC(O)C3)ccn2)c1. The minimum atomic E-state index is -0.490. The maximum atomic E-state index is 12.8. The van der Waals surface area contributed by atoms with Crippen molar-refractivity contribution in [1.82, 2.24) is 19.4 Å². The Morgan fingerprint density at radius 1 is 1.22 bits per heavy atom. The Morgan fingerprint density at radius 2 is 2.06 bits per heavy atom. The second kappa shape index (κ2) is 9.32. The molecule has 32 heavy (non-hydrogen) atoms. The average Bonchev–Trinajstić information content (AvgIpc) is 3.41. The molecule has 8 heteroatoms. The van der Waals surface area contributed by atoms with E-state index in [1.54, 1.807) is 17.2 Å². The molecule has 0 spiro atoms. The van der Waals surface area contributed by atoms with Gasteiger partial charge in [-0.2, -0.15) is 0 Å². The molecule has 1 fully saturated rings. The number of amides is 2. The smallest absolute Gasteiger partial charge is 0.274 e. The maximum Gasteiger partial charge on any atom is 0.274 e. The highest BCUT2D eigenvalue weighted by molar-refractivity contribution is 6.04. The molecule has 0 bridgehead atoms. The summed E-state index contributed by atoms with van der Waals surface area (Å²) >= 11 is 0. The van der Waals surface area contributed by atoms with Crippen LogP contribution < -0.4 is 5.32 Å². The molecule has 1 aliphatic heterocycles. The Bertz CT molecular complexity index is 1130. The van der Waals surface area contributed by atoms with Crippen LogP contribution in [-0.2, 0) is 13.5 Å². The normalized spacial score (nSPS) is 16.7. The third-order valence-electron chi connectivity index (χ3n) is 5.81. The number of imidazole rings is 1. The first-order chi connectivity index (χ1) is 15.4. The van der Waals surface area contributed by atoms with Crippen LogP contribution in [0.25, 0.3) is 0 Å². The number of aliphatic hydroxyl groups excluding tert-OH is 1. The lowest BCUT2D eigenvalue weighted by molar-refractivity contribution is 0.0765. The molecule has 8 nitrogen and oxygen atoms in total. The number of aromatic nitrogens is 3. The number of anilines is 1. The molecule has 4 rings (SSSR count). The van der Waals surface area contributed by atoms with Crippen molar-refractivity contribution in [1.29, 1.82) is 0 Å². The van der Waals surface area contributed by atoms with Crippen LogP contribution >= 0.6 is 0 Å². The third-order valence-corrected chi connectivity index (χ3v) is 5.81. The summed E-state index contributed by atoms with van der Waals surface area (Å²) in [5.41, 5.74) is 2.31. The van der Waals surface area contributed by atoms with Crippen LogP contribution in [0.15, 0.2) is 55.0 Å². The molecule has 3 heterocycles. The molecule has 2 N–H and O–H groups in total. The van der Waals surface area contributed by atoms with E-state index in [1.165, 1.54) is 12.3 Å². The summed E-state index contributed by atoms with van der Waals surface area (Å²) in [4.78, 5) is 35.6. The van der Waals surface area contributed by atoms with Crippen molar-refractivity contribution in [2.75, 3.05) is 18.4 Å². The van der Waals surface area contributed by atoms with Crippen LogP contribution in [-0.4, -0.2) is 55.5 Å². The van der Waals surface area contributed by atoms with Crippen LogP contribution in [0, 0.1) is 0 Å². The molecule has 1 saturated heterocycles. The van der Waals surface area contributed by atoms with E-state index < -0.39 is 6.10 Å². The second-order valence-corrected chi connectivity index (χ2v) is 8.26. The Balaban J connectivity index is 1.44. The van der Waals surface area contributed by atoms with Gasteiger partial charge < -0.3 is 19.9 Å². The summed E-state index contributed by atoms with van der Waals surface area (Å²) in [6.45, 7) is 2.95. The Morgan fingerprint density at radius 3 is 2.78 bits per heavy atom. The van der Waals surface area contributed by atoms with Gasteiger partial charge in [0.05, 0.1) is 6.10 Å². The van der Waals surface area contributed by atoms with Gasteiger partial charge in [-0.3, -0.25) is 14.6 Å². The van der Waals surface area contributed by atoms with E-state index in [0.29, 0.717) is 30.8 Å². The van der Waals surface area contributed by atoms with Crippen molar-refractivity contribution in [2.24, 2.45) is 7.05 Å². The number of rotatable bonds is 6. The van der Waals surface area contributed by atoms with Crippen LogP contribution in [0.3, 0.4) is 0 Å². The largest absolute Gasteiger partial charge is 0.391 e. The van der Waals surface area contributed by atoms with E-state index in [2.05, 4.69) is 22.2 Å². The number of hydrogen-bond acceptors (Lipinski definition) is 5. The molecule has 2 unspecified atom stereocenters. The van der Waals surface area contributed by atoms with Crippen LogP contribution in [0.1, 0.15) is 51.5 Å². The summed E-state index contributed by atoms with van der Waals surface area (Å²) in [5, 5.41) is 12.6. The number of aryl methyl sites for hydroxylation is 1. The molecule has 2 atom stereocenters. The van der Waals surface area contributed by atoms with Gasteiger partial charge in [-0.05, 0) is 42.2 Å². The Hall–Kier alpha value is -3.52. The van der Waals surface area contributed by atoms with Gasteiger partial charge in [0, 0.05) is 56.4 Å². The maximum absolute atomic E-state index is 12.8. The highest BCUT2D eigenvalue weighted by Crippen LogP contribution is 2.23. The van der Waals surface area contributed by atoms with Crippen molar-refractivity contribution in [3.05, 3.63) is 77.6 Å². The Kier molecular flexibility index (Phi) is 6.32. The standard InChI is InChI=1S/C24H27N5O3/c1-16(12-22-26-9-11-28(22)2)17-4-3-5-19(13-17)27-23(31)21-14-18(6-8-25-21)24(32)29-10-7-20(30)15-29/h3-6,8-9,11,13-14,16,20,30H,7,10,12,15H2,1-2H3,(H,27,31). The van der Waals surface area contributed by atoms with E-state index in [0.717, 1.165) is 17.8 Å². The van der Waals surface area contributed by atoms with Gasteiger partial charge in [-0.15, -0.1) is 0 Å². The van der Waals surface area contributed by atoms with E-state index in [1.807, 2.05) is 42.1 Å². The highest BCUT2D eigenvalue weighted by Gasteiger charge is 2.26. The number of β-amino-alcohol motifs (C(OH)–C–C–N with tert-alkyl or cyclic N) is 1. The highest BCUT2D eigenvalue weighted by atomic mass is 16.3. The molecular formula is C24H27N5O3. The first-order valence-electron chi connectivity index (χ1n) is 10.7. The van der Waals surface area contributed by atoms with Crippen LogP contribution in [0.5, 0.6) is 0 Å². The number of pyridine rings is 1. The van der Waals surface area contributed by atoms with Gasteiger partial charge in [0.25, 0.3) is 11.8 Å². The monoisotopic (exact) mass is 433 g/mol. The number of carbonyl (C=O) groups excluding carboxylic acids is 2. The fourth-order valence-corrected chi connectivity index (χ4v) is 3.90. The van der Waals surface area contributed by atoms with Gasteiger partial charge in [-0.1, -0.05) is 19.1 Å². The van der Waals surface area contributed by atoms with Crippen molar-refractivity contribution in [2.45, 2.75) is 31.8 Å². The summed E-state index contributed by atoms with van der Waals surface area (Å²) < 4.78 is 2.00. The molecule has 0 aliphatic carbocycles. The molecular weight excluding hydrogens is 406 g/mol. The molecule has 2 amide bonds. The minimum Gasteiger partial charge on any atom is -0.391 e. The number of likely N-dealkylation sites (tertiary alicyclic amines) is 1. The summed E-state index contributed by atoms with van der Waals surface area (Å²) in [7, 11) is 1.98. The van der Waals surface area contributed by atoms with Crippen LogP contribution in [0.2, 0.25) is 0 Å². The van der Waals surface area contributed by atoms with E-state index in [4.69, 9.17) is 0 Å². The topological polar surface area (TPSA) is 100 Å². The molecule has 1 aliphatic rings. The molecule has 2 aromatic heterocycles. The van der Waals surface area contributed by atoms with Crippen molar-refractivity contribution in [3.63, 3.8) is 0 Å². The molecule has 1 aromatic carbocycles. The first-order valence-corrected chi connectivity index (χ1v) is 10.7. The van der Waals surface area contributed by atoms with E-state index >= 15 is 0 Å². The fourth-order valence-electron chi connectivity index (χ4n) is 3.90. The number of nitrogens with zero attached hydrogens (tertiary/aromatic N) is 4. The first kappa shape index (κ1) is 21.7. The zero-order chi connectivity index (χ0) is 22.7. The lowest BCUT2D eigenvalue weighted by atomic mass is 9.97. The van der Waals surface area contributed by atoms with Gasteiger partial charge in [0.1, 0.15) is 11.5 Å². The number of benzene rings is 1. The number of aliphatic hydroxyl groups is 1. The van der Waals surface area contributed by atoms with Crippen molar-refractivity contribution < 1.29 is 14.7 Å². The predicted octanol–water partition coefficient (Wildman–Crippen LogP) is 2.62. The van der Waals surface area contributed by atoms with Crippen molar-refractivity contribution in [3.8, 4) is 0 Å². The number of carbonyl (C=O) groups is 2. The third kappa shape index (κ3) is 4.86. The average molecular weight is 434 g/mol. The lowest BCUT2D eigenvalue weighted by Gasteiger charge is -2.16.